The van der Waals surface area contributed by atoms with Crippen LogP contribution in [0.25, 0.3) is 0 Å². The lowest BCUT2D eigenvalue weighted by atomic mass is 10.1. The van der Waals surface area contributed by atoms with E-state index >= 15 is 0 Å². The highest BCUT2D eigenvalue weighted by atomic mass is 16.5. The Bertz CT molecular complexity index is 433. The quantitative estimate of drug-likeness (QED) is 0.796. The fourth-order valence-electron chi connectivity index (χ4n) is 1.81. The molecule has 1 aliphatic heterocycles. The topological polar surface area (TPSA) is 64.6 Å². The molecule has 1 aromatic rings. The van der Waals surface area contributed by atoms with Gasteiger partial charge in [0.1, 0.15) is 12.3 Å². The third-order valence-corrected chi connectivity index (χ3v) is 2.65. The van der Waals surface area contributed by atoms with Crippen LogP contribution < -0.4 is 10.1 Å². The number of hydrogen-bond acceptors (Lipinski definition) is 4. The molecule has 0 unspecified atom stereocenters. The minimum atomic E-state index is -0.558. The van der Waals surface area contributed by atoms with Gasteiger partial charge in [0, 0.05) is 6.42 Å². The molecular weight excluding hydrogens is 234 g/mol. The summed E-state index contributed by atoms with van der Waals surface area (Å²) in [6, 6.07) is 7.51. The van der Waals surface area contributed by atoms with Crippen LogP contribution >= 0.6 is 0 Å². The van der Waals surface area contributed by atoms with Crippen molar-refractivity contribution in [1.82, 2.24) is 5.32 Å². The largest absolute Gasteiger partial charge is 0.480 e. The third-order valence-electron chi connectivity index (χ3n) is 2.65. The number of fused-ring (bicyclic) bond motifs is 1. The maximum absolute atomic E-state index is 11.8. The van der Waals surface area contributed by atoms with E-state index in [0.717, 1.165) is 11.3 Å². The molecule has 1 aromatic carbocycles. The molecule has 2 rings (SSSR count). The highest BCUT2D eigenvalue weighted by Crippen LogP contribution is 2.27. The van der Waals surface area contributed by atoms with Gasteiger partial charge in [-0.15, -0.1) is 0 Å². The summed E-state index contributed by atoms with van der Waals surface area (Å²) in [4.78, 5) is 22.9. The lowest BCUT2D eigenvalue weighted by Crippen LogP contribution is -2.40. The Morgan fingerprint density at radius 3 is 2.94 bits per heavy atom. The highest BCUT2D eigenvalue weighted by Gasteiger charge is 2.28. The van der Waals surface area contributed by atoms with Gasteiger partial charge in [0.05, 0.1) is 6.61 Å². The van der Waals surface area contributed by atoms with Gasteiger partial charge in [-0.3, -0.25) is 9.59 Å². The first-order chi connectivity index (χ1) is 8.70. The summed E-state index contributed by atoms with van der Waals surface area (Å²) in [5, 5.41) is 2.51. The van der Waals surface area contributed by atoms with Gasteiger partial charge < -0.3 is 14.8 Å². The van der Waals surface area contributed by atoms with E-state index in [2.05, 4.69) is 5.32 Å². The number of nitrogens with one attached hydrogen (secondary N) is 1. The molecule has 1 atom stereocenters. The van der Waals surface area contributed by atoms with Crippen LogP contribution in [-0.4, -0.2) is 31.1 Å². The average Bonchev–Trinajstić information content (AvgIpc) is 2.80. The van der Waals surface area contributed by atoms with Crippen molar-refractivity contribution in [1.29, 1.82) is 0 Å². The number of carbonyl (C=O) groups is 2. The molecule has 0 aliphatic carbocycles. The van der Waals surface area contributed by atoms with Crippen LogP contribution in [0, 0.1) is 0 Å². The smallest absolute Gasteiger partial charge is 0.325 e. The summed E-state index contributed by atoms with van der Waals surface area (Å²) in [7, 11) is 0. The van der Waals surface area contributed by atoms with Gasteiger partial charge in [-0.25, -0.2) is 0 Å². The molecule has 1 N–H and O–H groups in total. The van der Waals surface area contributed by atoms with Gasteiger partial charge in [-0.1, -0.05) is 18.2 Å². The zero-order valence-corrected chi connectivity index (χ0v) is 10.1. The molecule has 0 saturated carbocycles. The van der Waals surface area contributed by atoms with E-state index in [9.17, 15) is 9.59 Å². The molecule has 0 bridgehead atoms. The Morgan fingerprint density at radius 1 is 1.44 bits per heavy atom. The normalized spacial score (nSPS) is 16.6. The van der Waals surface area contributed by atoms with E-state index in [1.807, 2.05) is 24.3 Å². The van der Waals surface area contributed by atoms with Gasteiger partial charge in [-0.2, -0.15) is 0 Å². The van der Waals surface area contributed by atoms with E-state index < -0.39 is 12.1 Å². The standard InChI is InChI=1S/C13H15NO4/c1-2-17-12(15)8-14-13(16)11-7-9-5-3-4-6-10(9)18-11/h3-6,11H,2,7-8H2,1H3,(H,14,16)/t11-/m0/s1. The van der Waals surface area contributed by atoms with Crippen molar-refractivity contribution < 1.29 is 19.1 Å². The van der Waals surface area contributed by atoms with E-state index in [-0.39, 0.29) is 12.5 Å². The molecule has 1 heterocycles. The van der Waals surface area contributed by atoms with Crippen molar-refractivity contribution in [3.63, 3.8) is 0 Å². The van der Waals surface area contributed by atoms with E-state index in [1.165, 1.54) is 0 Å². The maximum Gasteiger partial charge on any atom is 0.325 e. The molecule has 5 heteroatoms. The lowest BCUT2D eigenvalue weighted by molar-refractivity contribution is -0.144. The maximum atomic E-state index is 11.8. The molecular formula is C13H15NO4. The third kappa shape index (κ3) is 2.80. The SMILES string of the molecule is CCOC(=O)CNC(=O)[C@@H]1Cc2ccccc2O1. The van der Waals surface area contributed by atoms with Crippen LogP contribution in [0.3, 0.4) is 0 Å². The predicted molar refractivity (Wildman–Crippen MR) is 64.2 cm³/mol. The van der Waals surface area contributed by atoms with E-state index in [1.54, 1.807) is 6.92 Å². The van der Waals surface area contributed by atoms with Crippen molar-refractivity contribution in [3.05, 3.63) is 29.8 Å². The first kappa shape index (κ1) is 12.4. The van der Waals surface area contributed by atoms with Crippen LogP contribution in [0.1, 0.15) is 12.5 Å². The Hall–Kier alpha value is -2.04. The number of hydrogen-bond donors (Lipinski definition) is 1. The Morgan fingerprint density at radius 2 is 2.22 bits per heavy atom. The second-order valence-electron chi connectivity index (χ2n) is 3.94. The summed E-state index contributed by atoms with van der Waals surface area (Å²) >= 11 is 0. The summed E-state index contributed by atoms with van der Waals surface area (Å²) in [6.07, 6.45) is -0.0259. The molecule has 0 saturated heterocycles. The van der Waals surface area contributed by atoms with Crippen LogP contribution in [0.15, 0.2) is 24.3 Å². The molecule has 0 spiro atoms. The number of para-hydroxylation sites is 1. The van der Waals surface area contributed by atoms with Crippen molar-refractivity contribution >= 4 is 11.9 Å². The molecule has 96 valence electrons. The molecule has 0 fully saturated rings. The van der Waals surface area contributed by atoms with Gasteiger partial charge in [-0.05, 0) is 18.6 Å². The number of benzene rings is 1. The molecule has 1 aliphatic rings. The number of esters is 1. The molecule has 5 nitrogen and oxygen atoms in total. The summed E-state index contributed by atoms with van der Waals surface area (Å²) in [5.74, 6) is -0.00519. The van der Waals surface area contributed by atoms with Crippen LogP contribution in [0.4, 0.5) is 0 Å². The van der Waals surface area contributed by atoms with Gasteiger partial charge in [0.2, 0.25) is 0 Å². The summed E-state index contributed by atoms with van der Waals surface area (Å²) in [6.45, 7) is 1.90. The Balaban J connectivity index is 1.84. The zero-order valence-electron chi connectivity index (χ0n) is 10.1. The molecule has 0 aromatic heterocycles. The van der Waals surface area contributed by atoms with Crippen molar-refractivity contribution in [2.45, 2.75) is 19.4 Å². The Labute approximate surface area is 105 Å². The fraction of sp³-hybridized carbons (Fsp3) is 0.385. The van der Waals surface area contributed by atoms with Crippen LogP contribution in [0.2, 0.25) is 0 Å². The zero-order chi connectivity index (χ0) is 13.0. The minimum absolute atomic E-state index is 0.122. The number of amides is 1. The van der Waals surface area contributed by atoms with E-state index in [0.29, 0.717) is 13.0 Å². The van der Waals surface area contributed by atoms with Crippen molar-refractivity contribution in [3.8, 4) is 5.75 Å². The first-order valence-electron chi connectivity index (χ1n) is 5.88. The van der Waals surface area contributed by atoms with Gasteiger partial charge in [0.25, 0.3) is 5.91 Å². The van der Waals surface area contributed by atoms with Crippen LogP contribution in [-0.2, 0) is 20.7 Å². The average molecular weight is 249 g/mol. The van der Waals surface area contributed by atoms with E-state index in [4.69, 9.17) is 9.47 Å². The molecule has 18 heavy (non-hydrogen) atoms. The number of rotatable bonds is 4. The van der Waals surface area contributed by atoms with Gasteiger partial charge in [0.15, 0.2) is 6.10 Å². The fourth-order valence-corrected chi connectivity index (χ4v) is 1.81. The highest BCUT2D eigenvalue weighted by molar-refractivity contribution is 5.86. The molecule has 1 amide bonds. The van der Waals surface area contributed by atoms with Crippen molar-refractivity contribution in [2.24, 2.45) is 0 Å². The van der Waals surface area contributed by atoms with Gasteiger partial charge >= 0.3 is 5.97 Å². The number of ether oxygens (including phenoxy) is 2. The Kier molecular flexibility index (Phi) is 3.82. The second kappa shape index (κ2) is 5.53. The second-order valence-corrected chi connectivity index (χ2v) is 3.94. The predicted octanol–water partition coefficient (Wildman–Crippen LogP) is 0.669. The van der Waals surface area contributed by atoms with Crippen LogP contribution in [0.5, 0.6) is 5.75 Å². The monoisotopic (exact) mass is 249 g/mol. The minimum Gasteiger partial charge on any atom is -0.480 e. The van der Waals surface area contributed by atoms with Crippen molar-refractivity contribution in [2.75, 3.05) is 13.2 Å². The number of carbonyl (C=O) groups excluding carboxylic acids is 2. The summed E-state index contributed by atoms with van der Waals surface area (Å²) in [5.41, 5.74) is 1.01. The molecule has 0 radical (unpaired) electrons. The lowest BCUT2D eigenvalue weighted by Gasteiger charge is -2.10. The summed E-state index contributed by atoms with van der Waals surface area (Å²) < 4.78 is 10.2. The first-order valence-corrected chi connectivity index (χ1v) is 5.88.